The highest BCUT2D eigenvalue weighted by molar-refractivity contribution is 5.61. The molecular formula is C83H107N20+5. The molecule has 103 heavy (non-hydrogen) atoms. The van der Waals surface area contributed by atoms with E-state index < -0.39 is 0 Å². The van der Waals surface area contributed by atoms with Crippen LogP contribution in [-0.2, 0) is 83.3 Å². The Kier molecular flexibility index (Phi) is 20.5. The van der Waals surface area contributed by atoms with Crippen LogP contribution in [0.4, 0.5) is 0 Å². The van der Waals surface area contributed by atoms with Gasteiger partial charge in [0, 0.05) is 189 Å². The summed E-state index contributed by atoms with van der Waals surface area (Å²) in [5, 5.41) is 0. The lowest BCUT2D eigenvalue weighted by Crippen LogP contribution is -2.31. The lowest BCUT2D eigenvalue weighted by molar-refractivity contribution is -0.660. The van der Waals surface area contributed by atoms with Gasteiger partial charge in [0.2, 0.25) is 57.4 Å². The van der Waals surface area contributed by atoms with Crippen molar-refractivity contribution in [1.82, 2.24) is 69.8 Å². The van der Waals surface area contributed by atoms with Crippen molar-refractivity contribution in [1.29, 1.82) is 0 Å². The summed E-state index contributed by atoms with van der Waals surface area (Å²) in [5.41, 5.74) is 19.5. The van der Waals surface area contributed by atoms with Crippen LogP contribution in [0.15, 0.2) is 185 Å². The largest absolute Gasteiger partial charge is 0.308 e. The van der Waals surface area contributed by atoms with Crippen LogP contribution >= 0.6 is 0 Å². The predicted molar refractivity (Wildman–Crippen MR) is 407 cm³/mol. The van der Waals surface area contributed by atoms with Crippen LogP contribution in [0.5, 0.6) is 0 Å². The monoisotopic (exact) mass is 1380 g/mol. The van der Waals surface area contributed by atoms with Gasteiger partial charge >= 0.3 is 0 Å². The van der Waals surface area contributed by atoms with Crippen LogP contribution in [0.2, 0.25) is 0 Å². The Hall–Kier alpha value is -10.5. The van der Waals surface area contributed by atoms with Gasteiger partial charge in [-0.2, -0.15) is 22.8 Å². The zero-order valence-electron chi connectivity index (χ0n) is 63.9. The molecule has 15 aromatic rings. The fraction of sp³-hybridized carbons (Fsp3) is 0.398. The summed E-state index contributed by atoms with van der Waals surface area (Å²) >= 11 is 0. The molecule has 15 aromatic heterocycles. The second-order valence-electron chi connectivity index (χ2n) is 30.8. The average molecular weight is 1380 g/mol. The van der Waals surface area contributed by atoms with E-state index >= 15 is 0 Å². The van der Waals surface area contributed by atoms with Crippen LogP contribution in [0, 0.1) is 11.3 Å². The number of fused-ring (bicyclic) bond motifs is 5. The third-order valence-electron chi connectivity index (χ3n) is 21.1. The fourth-order valence-corrected chi connectivity index (χ4v) is 15.3. The van der Waals surface area contributed by atoms with Gasteiger partial charge in [-0.05, 0) is 95.4 Å². The van der Waals surface area contributed by atoms with Gasteiger partial charge < -0.3 is 22.8 Å². The molecule has 0 atom stereocenters. The molecule has 2 saturated carbocycles. The molecular weight excluding hydrogens is 1280 g/mol. The van der Waals surface area contributed by atoms with Crippen LogP contribution in [0.25, 0.3) is 85.8 Å². The van der Waals surface area contributed by atoms with Crippen molar-refractivity contribution in [2.45, 2.75) is 137 Å². The Morgan fingerprint density at radius 3 is 0.990 bits per heavy atom. The maximum atomic E-state index is 4.42. The van der Waals surface area contributed by atoms with Gasteiger partial charge in [0.15, 0.2) is 31.0 Å². The first-order chi connectivity index (χ1) is 49.5. The number of imidazole rings is 10. The van der Waals surface area contributed by atoms with Crippen LogP contribution < -0.4 is 22.8 Å². The first kappa shape index (κ1) is 70.9. The minimum atomic E-state index is 0.292. The van der Waals surface area contributed by atoms with Gasteiger partial charge in [0.1, 0.15) is 63.7 Å². The molecule has 17 rings (SSSR count). The Balaban J connectivity index is 0.000000115. The molecule has 0 N–H and O–H groups in total. The highest BCUT2D eigenvalue weighted by Gasteiger charge is 2.27. The Morgan fingerprint density at radius 1 is 0.379 bits per heavy atom. The molecule has 2 aliphatic rings. The summed E-state index contributed by atoms with van der Waals surface area (Å²) in [6, 6.07) is 22.8. The van der Waals surface area contributed by atoms with E-state index in [-0.39, 0.29) is 0 Å². The van der Waals surface area contributed by atoms with Crippen LogP contribution in [0.1, 0.15) is 152 Å². The Bertz CT molecular complexity index is 5420. The first-order valence-electron chi connectivity index (χ1n) is 36.9. The van der Waals surface area contributed by atoms with E-state index in [1.807, 2.05) is 62.0 Å². The van der Waals surface area contributed by atoms with Gasteiger partial charge in [0.25, 0.3) is 0 Å². The normalized spacial score (nSPS) is 13.7. The summed E-state index contributed by atoms with van der Waals surface area (Å²) in [6.45, 7) is 15.8. The SMILES string of the molecule is CC(C)Cc1cc[n+](C)c(-c2cn3ccnc3n2C)c1.CC(C)c1cc[n+](C)c(-c2cn3ccnc3n2C)c1.Cn1c(-c2cc(C3CCCC3)cc[n+]2C)cn2ccnc12.Cn1c(-c2cc(C3CCCCC3)cc[n+]2C)cn2ccnc12.Cn1c(-c2cc(CC(C)(C)C)cc[n+]2C)cn2ccnc12. The van der Waals surface area contributed by atoms with Crippen molar-refractivity contribution in [3.05, 3.63) is 212 Å². The number of hydrogen-bond donors (Lipinski definition) is 0. The molecule has 20 nitrogen and oxygen atoms in total. The molecule has 0 spiro atoms. The van der Waals surface area contributed by atoms with E-state index in [1.54, 1.807) is 0 Å². The van der Waals surface area contributed by atoms with Crippen LogP contribution in [-0.4, -0.2) is 69.8 Å². The van der Waals surface area contributed by atoms with E-state index in [1.165, 1.54) is 143 Å². The lowest BCUT2D eigenvalue weighted by atomic mass is 9.84. The third-order valence-corrected chi connectivity index (χ3v) is 21.1. The molecule has 0 unspecified atom stereocenters. The molecule has 0 aliphatic heterocycles. The summed E-state index contributed by atoms with van der Waals surface area (Å²) in [6.07, 6.45) is 55.1. The van der Waals surface area contributed by atoms with Crippen molar-refractivity contribution in [3.8, 4) is 56.9 Å². The molecule has 0 radical (unpaired) electrons. The molecule has 2 aliphatic carbocycles. The number of rotatable bonds is 11. The molecule has 20 heteroatoms. The number of aromatic nitrogens is 20. The molecule has 2 fully saturated rings. The minimum Gasteiger partial charge on any atom is -0.308 e. The van der Waals surface area contributed by atoms with Crippen molar-refractivity contribution < 1.29 is 22.8 Å². The molecule has 0 aromatic carbocycles. The molecule has 0 amide bonds. The second-order valence-corrected chi connectivity index (χ2v) is 30.8. The molecule has 0 bridgehead atoms. The van der Waals surface area contributed by atoms with E-state index in [0.717, 1.165) is 53.6 Å². The lowest BCUT2D eigenvalue weighted by Gasteiger charge is -2.21. The summed E-state index contributed by atoms with van der Waals surface area (Å²) < 4.78 is 32.0. The zero-order valence-corrected chi connectivity index (χ0v) is 63.9. The number of aryl methyl sites for hydroxylation is 10. The fourth-order valence-electron chi connectivity index (χ4n) is 15.3. The van der Waals surface area contributed by atoms with E-state index in [4.69, 9.17) is 0 Å². The van der Waals surface area contributed by atoms with E-state index in [0.29, 0.717) is 17.3 Å². The standard InChI is InChI=1S/C18H23N4.C17H21N4.C17H23N4.C16H21N4.C15H19N4/c1-20-10-8-15(14-6-4-3-5-7-14)12-16(20)17-13-22-11-9-19-18(22)21(17)2;1-19-9-7-14(13-5-3-4-6-13)11-15(19)16-12-21-10-8-18-17(21)20(16)2;1-17(2,3)11-13-6-8-19(4)14(10-13)15-12-21-9-7-18-16(21)20(15)5;1-12(2)9-13-5-7-18(3)14(10-13)15-11-20-8-6-17-16(20)19(15)4;1-11(2)12-5-7-17(3)13(9-12)14-10-19-8-6-16-15(19)18(14)4/h8-14H,3-7H2,1-2H3;7-13H,3-6H2,1-2H3;6-10,12H,11H2,1-5H3;5-8,10-12H,9H2,1-4H3;5-11H,1-4H3/q5*+1. The van der Waals surface area contributed by atoms with Gasteiger partial charge in [-0.1, -0.05) is 80.6 Å². The topological polar surface area (TPSA) is 131 Å². The van der Waals surface area contributed by atoms with E-state index in [9.17, 15) is 0 Å². The van der Waals surface area contributed by atoms with Crippen molar-refractivity contribution in [2.75, 3.05) is 0 Å². The second kappa shape index (κ2) is 29.8. The molecule has 0 saturated heterocycles. The van der Waals surface area contributed by atoms with Gasteiger partial charge in [-0.25, -0.2) is 24.9 Å². The first-order valence-corrected chi connectivity index (χ1v) is 36.9. The predicted octanol–water partition coefficient (Wildman–Crippen LogP) is 13.4. The summed E-state index contributed by atoms with van der Waals surface area (Å²) in [4.78, 5) is 22.0. The minimum absolute atomic E-state index is 0.292. The number of pyridine rings is 5. The van der Waals surface area contributed by atoms with Gasteiger partial charge in [-0.15, -0.1) is 0 Å². The van der Waals surface area contributed by atoms with Crippen LogP contribution in [0.3, 0.4) is 0 Å². The molecule has 15 heterocycles. The zero-order chi connectivity index (χ0) is 72.5. The maximum absolute atomic E-state index is 4.42. The average Bonchev–Trinajstić information content (AvgIpc) is 1.67. The van der Waals surface area contributed by atoms with Crippen molar-refractivity contribution in [2.24, 2.45) is 81.8 Å². The number of nitrogens with zero attached hydrogens (tertiary/aromatic N) is 20. The quantitative estimate of drug-likeness (QED) is 0.119. The summed E-state index contributed by atoms with van der Waals surface area (Å²) in [5.74, 6) is 7.54. The van der Waals surface area contributed by atoms with E-state index in [2.05, 4.69) is 334 Å². The van der Waals surface area contributed by atoms with Crippen molar-refractivity contribution in [3.63, 3.8) is 0 Å². The summed E-state index contributed by atoms with van der Waals surface area (Å²) in [7, 11) is 20.8. The highest BCUT2D eigenvalue weighted by Crippen LogP contribution is 2.36. The number of hydrogen-bond acceptors (Lipinski definition) is 5. The Labute approximate surface area is 606 Å². The molecule has 534 valence electrons. The maximum Gasteiger partial charge on any atom is 0.230 e. The third kappa shape index (κ3) is 15.1. The Morgan fingerprint density at radius 2 is 0.670 bits per heavy atom. The smallest absolute Gasteiger partial charge is 0.230 e. The van der Waals surface area contributed by atoms with Gasteiger partial charge in [-0.3, -0.25) is 22.0 Å². The van der Waals surface area contributed by atoms with Crippen molar-refractivity contribution >= 4 is 28.9 Å². The van der Waals surface area contributed by atoms with Gasteiger partial charge in [0.05, 0.1) is 0 Å². The highest BCUT2D eigenvalue weighted by atomic mass is 15.2.